The fourth-order valence-corrected chi connectivity index (χ4v) is 2.41. The molecule has 0 saturated carbocycles. The van der Waals surface area contributed by atoms with Gasteiger partial charge in [0, 0.05) is 11.4 Å². The van der Waals surface area contributed by atoms with E-state index in [1.807, 2.05) is 54.6 Å². The summed E-state index contributed by atoms with van der Waals surface area (Å²) in [6.07, 6.45) is 4.00. The first-order chi connectivity index (χ1) is 12.2. The lowest BCUT2D eigenvalue weighted by Gasteiger charge is -2.06. The number of halogens is 1. The van der Waals surface area contributed by atoms with E-state index in [0.29, 0.717) is 29.3 Å². The fraction of sp³-hybridized carbons (Fsp3) is 0.105. The molecule has 0 aliphatic rings. The van der Waals surface area contributed by atoms with Gasteiger partial charge in [-0.1, -0.05) is 41.9 Å². The number of rotatable bonds is 6. The SMILES string of the molecule is O=C(CCc1cccc(Cl)c1)Nc1cnc(Oc2ccccc2)nc1. The number of aromatic nitrogens is 2. The molecule has 0 radical (unpaired) electrons. The molecule has 5 nitrogen and oxygen atoms in total. The zero-order valence-corrected chi connectivity index (χ0v) is 14.1. The van der Waals surface area contributed by atoms with Crippen molar-refractivity contribution in [2.24, 2.45) is 0 Å². The Morgan fingerprint density at radius 3 is 2.52 bits per heavy atom. The molecule has 1 aromatic heterocycles. The summed E-state index contributed by atoms with van der Waals surface area (Å²) in [6.45, 7) is 0. The Labute approximate surface area is 150 Å². The number of aryl methyl sites for hydroxylation is 1. The van der Waals surface area contributed by atoms with Gasteiger partial charge in [0.05, 0.1) is 18.1 Å². The molecule has 3 aromatic rings. The third kappa shape index (κ3) is 5.29. The van der Waals surface area contributed by atoms with Gasteiger partial charge < -0.3 is 10.1 Å². The lowest BCUT2D eigenvalue weighted by Crippen LogP contribution is -2.12. The van der Waals surface area contributed by atoms with Crippen molar-refractivity contribution in [3.8, 4) is 11.8 Å². The first-order valence-corrected chi connectivity index (χ1v) is 8.16. The fourth-order valence-electron chi connectivity index (χ4n) is 2.20. The average Bonchev–Trinajstić information content (AvgIpc) is 2.63. The molecule has 2 aromatic carbocycles. The number of anilines is 1. The Morgan fingerprint density at radius 2 is 1.80 bits per heavy atom. The third-order valence-electron chi connectivity index (χ3n) is 3.39. The van der Waals surface area contributed by atoms with Crippen molar-refractivity contribution in [1.82, 2.24) is 9.97 Å². The minimum atomic E-state index is -0.111. The van der Waals surface area contributed by atoms with Gasteiger partial charge in [-0.05, 0) is 36.2 Å². The molecular weight excluding hydrogens is 338 g/mol. The van der Waals surface area contributed by atoms with E-state index in [2.05, 4.69) is 15.3 Å². The predicted molar refractivity (Wildman–Crippen MR) is 97.0 cm³/mol. The van der Waals surface area contributed by atoms with Gasteiger partial charge in [-0.2, -0.15) is 0 Å². The maximum Gasteiger partial charge on any atom is 0.322 e. The Balaban J connectivity index is 1.51. The molecule has 25 heavy (non-hydrogen) atoms. The minimum Gasteiger partial charge on any atom is -0.424 e. The molecule has 0 atom stereocenters. The zero-order valence-electron chi connectivity index (χ0n) is 13.4. The van der Waals surface area contributed by atoms with Crippen molar-refractivity contribution >= 4 is 23.2 Å². The summed E-state index contributed by atoms with van der Waals surface area (Å²) in [4.78, 5) is 20.2. The molecule has 1 N–H and O–H groups in total. The largest absolute Gasteiger partial charge is 0.424 e. The van der Waals surface area contributed by atoms with E-state index in [0.717, 1.165) is 5.56 Å². The maximum absolute atomic E-state index is 12.0. The molecule has 1 heterocycles. The van der Waals surface area contributed by atoms with Crippen LogP contribution in [0.3, 0.4) is 0 Å². The molecule has 3 rings (SSSR count). The standard InChI is InChI=1S/C19H16ClN3O2/c20-15-6-4-5-14(11-15)9-10-18(24)23-16-12-21-19(22-13-16)25-17-7-2-1-3-8-17/h1-8,11-13H,9-10H2,(H,23,24). The van der Waals surface area contributed by atoms with Crippen molar-refractivity contribution in [1.29, 1.82) is 0 Å². The second kappa shape index (κ2) is 8.26. The highest BCUT2D eigenvalue weighted by molar-refractivity contribution is 6.30. The molecule has 0 saturated heterocycles. The molecule has 126 valence electrons. The van der Waals surface area contributed by atoms with Crippen LogP contribution in [-0.4, -0.2) is 15.9 Å². The average molecular weight is 354 g/mol. The smallest absolute Gasteiger partial charge is 0.322 e. The Morgan fingerprint density at radius 1 is 1.04 bits per heavy atom. The van der Waals surface area contributed by atoms with Gasteiger partial charge in [0.1, 0.15) is 5.75 Å². The van der Waals surface area contributed by atoms with Crippen LogP contribution < -0.4 is 10.1 Å². The van der Waals surface area contributed by atoms with Crippen LogP contribution in [0.4, 0.5) is 5.69 Å². The maximum atomic E-state index is 12.0. The minimum absolute atomic E-state index is 0.111. The molecule has 0 unspecified atom stereocenters. The van der Waals surface area contributed by atoms with Gasteiger partial charge in [-0.25, -0.2) is 9.97 Å². The molecule has 0 bridgehead atoms. The van der Waals surface area contributed by atoms with E-state index < -0.39 is 0 Å². The van der Waals surface area contributed by atoms with Crippen molar-refractivity contribution in [2.75, 3.05) is 5.32 Å². The summed E-state index contributed by atoms with van der Waals surface area (Å²) < 4.78 is 5.51. The first-order valence-electron chi connectivity index (χ1n) is 7.78. The van der Waals surface area contributed by atoms with Crippen LogP contribution in [0.5, 0.6) is 11.8 Å². The predicted octanol–water partition coefficient (Wildman–Crippen LogP) is 4.49. The molecule has 0 aliphatic carbocycles. The van der Waals surface area contributed by atoms with Crippen LogP contribution in [-0.2, 0) is 11.2 Å². The summed E-state index contributed by atoms with van der Waals surface area (Å²) in [7, 11) is 0. The number of carbonyl (C=O) groups is 1. The van der Waals surface area contributed by atoms with Crippen LogP contribution in [0, 0.1) is 0 Å². The third-order valence-corrected chi connectivity index (χ3v) is 3.63. The highest BCUT2D eigenvalue weighted by Gasteiger charge is 2.06. The number of para-hydroxylation sites is 1. The zero-order chi connectivity index (χ0) is 17.5. The second-order valence-electron chi connectivity index (χ2n) is 5.35. The lowest BCUT2D eigenvalue weighted by molar-refractivity contribution is -0.116. The number of nitrogens with one attached hydrogen (secondary N) is 1. The van der Waals surface area contributed by atoms with Gasteiger partial charge >= 0.3 is 6.01 Å². The van der Waals surface area contributed by atoms with E-state index in [1.165, 1.54) is 12.4 Å². The number of hydrogen-bond acceptors (Lipinski definition) is 4. The number of hydrogen-bond donors (Lipinski definition) is 1. The Hall–Kier alpha value is -2.92. The molecule has 0 aliphatic heterocycles. The monoisotopic (exact) mass is 353 g/mol. The van der Waals surface area contributed by atoms with Crippen LogP contribution in [0.15, 0.2) is 67.0 Å². The van der Waals surface area contributed by atoms with Crippen LogP contribution >= 0.6 is 11.6 Å². The highest BCUT2D eigenvalue weighted by atomic mass is 35.5. The molecule has 0 spiro atoms. The number of nitrogens with zero attached hydrogens (tertiary/aromatic N) is 2. The number of carbonyl (C=O) groups excluding carboxylic acids is 1. The van der Waals surface area contributed by atoms with Crippen LogP contribution in [0.2, 0.25) is 5.02 Å². The summed E-state index contributed by atoms with van der Waals surface area (Å²) in [5.74, 6) is 0.543. The highest BCUT2D eigenvalue weighted by Crippen LogP contribution is 2.17. The molecule has 0 fully saturated rings. The molecular formula is C19H16ClN3O2. The Bertz CT molecular complexity index is 839. The Kier molecular flexibility index (Phi) is 5.59. The van der Waals surface area contributed by atoms with E-state index in [9.17, 15) is 4.79 Å². The van der Waals surface area contributed by atoms with Gasteiger partial charge in [0.2, 0.25) is 5.91 Å². The van der Waals surface area contributed by atoms with Crippen LogP contribution in [0.1, 0.15) is 12.0 Å². The number of amides is 1. The van der Waals surface area contributed by atoms with E-state index in [-0.39, 0.29) is 11.9 Å². The normalized spacial score (nSPS) is 10.3. The summed E-state index contributed by atoms with van der Waals surface area (Å²) in [5.41, 5.74) is 1.54. The first kappa shape index (κ1) is 16.9. The van der Waals surface area contributed by atoms with E-state index in [4.69, 9.17) is 16.3 Å². The number of benzene rings is 2. The molecule has 6 heteroatoms. The van der Waals surface area contributed by atoms with E-state index in [1.54, 1.807) is 0 Å². The quantitative estimate of drug-likeness (QED) is 0.709. The van der Waals surface area contributed by atoms with E-state index >= 15 is 0 Å². The van der Waals surface area contributed by atoms with Crippen molar-refractivity contribution < 1.29 is 9.53 Å². The topological polar surface area (TPSA) is 64.1 Å². The van der Waals surface area contributed by atoms with Crippen molar-refractivity contribution in [3.05, 3.63) is 77.6 Å². The van der Waals surface area contributed by atoms with Gasteiger partial charge in [0.25, 0.3) is 0 Å². The van der Waals surface area contributed by atoms with Crippen LogP contribution in [0.25, 0.3) is 0 Å². The number of ether oxygens (including phenoxy) is 1. The summed E-state index contributed by atoms with van der Waals surface area (Å²) >= 11 is 5.93. The van der Waals surface area contributed by atoms with Gasteiger partial charge in [-0.15, -0.1) is 0 Å². The lowest BCUT2D eigenvalue weighted by atomic mass is 10.1. The molecule has 1 amide bonds. The van der Waals surface area contributed by atoms with Gasteiger partial charge in [-0.3, -0.25) is 4.79 Å². The summed E-state index contributed by atoms with van der Waals surface area (Å²) in [5, 5.41) is 3.43. The second-order valence-corrected chi connectivity index (χ2v) is 5.78. The van der Waals surface area contributed by atoms with Crippen molar-refractivity contribution in [3.63, 3.8) is 0 Å². The van der Waals surface area contributed by atoms with Gasteiger partial charge in [0.15, 0.2) is 0 Å². The summed E-state index contributed by atoms with van der Waals surface area (Å²) in [6, 6.07) is 17.0. The van der Waals surface area contributed by atoms with Crippen molar-refractivity contribution in [2.45, 2.75) is 12.8 Å².